The summed E-state index contributed by atoms with van der Waals surface area (Å²) in [6.07, 6.45) is 8.06. The summed E-state index contributed by atoms with van der Waals surface area (Å²) in [5.41, 5.74) is 5.40. The number of hydrogen-bond donors (Lipinski definition) is 3. The van der Waals surface area contributed by atoms with Gasteiger partial charge in [-0.2, -0.15) is 0 Å². The summed E-state index contributed by atoms with van der Waals surface area (Å²) < 4.78 is 41.3. The number of ether oxygens (including phenoxy) is 2. The molecule has 62 heavy (non-hydrogen) atoms. The first-order valence-corrected chi connectivity index (χ1v) is 22.9. The molecule has 1 aliphatic carbocycles. The zero-order chi connectivity index (χ0) is 43.6. The molecule has 4 heterocycles. The van der Waals surface area contributed by atoms with Gasteiger partial charge in [0.1, 0.15) is 22.8 Å². The largest absolute Gasteiger partial charge is 0.455 e. The summed E-state index contributed by atoms with van der Waals surface area (Å²) in [4.78, 5) is 37.2. The molecule has 0 atom stereocenters. The van der Waals surface area contributed by atoms with Gasteiger partial charge in [-0.05, 0) is 103 Å². The van der Waals surface area contributed by atoms with E-state index >= 15 is 0 Å². The molecule has 2 aromatic heterocycles. The van der Waals surface area contributed by atoms with Crippen molar-refractivity contribution < 1.29 is 27.6 Å². The number of nitro groups is 1. The molecule has 5 aromatic rings. The third-order valence-electron chi connectivity index (χ3n) is 12.5. The number of carbonyl (C=O) groups is 1. The van der Waals surface area contributed by atoms with E-state index in [9.17, 15) is 23.3 Å². The first-order chi connectivity index (χ1) is 29.6. The Morgan fingerprint density at radius 1 is 0.984 bits per heavy atom. The quantitative estimate of drug-likeness (QED) is 0.0761. The number of amides is 1. The fourth-order valence-electron chi connectivity index (χ4n) is 8.54. The minimum Gasteiger partial charge on any atom is -0.455 e. The number of sulfonamides is 1. The Balaban J connectivity index is 1.01. The van der Waals surface area contributed by atoms with E-state index in [4.69, 9.17) is 21.1 Å². The summed E-state index contributed by atoms with van der Waals surface area (Å²) in [6.45, 7) is 12.4. The molecule has 16 heteroatoms. The maximum atomic E-state index is 13.9. The van der Waals surface area contributed by atoms with Crippen molar-refractivity contribution in [2.24, 2.45) is 10.8 Å². The van der Waals surface area contributed by atoms with Crippen LogP contribution in [-0.2, 0) is 14.8 Å². The van der Waals surface area contributed by atoms with Crippen molar-refractivity contribution in [2.45, 2.75) is 57.8 Å². The smallest absolute Gasteiger partial charge is 0.293 e. The number of H-pyrrole nitrogens is 1. The fourth-order valence-corrected chi connectivity index (χ4v) is 9.66. The number of aromatic nitrogens is 2. The van der Waals surface area contributed by atoms with E-state index in [-0.39, 0.29) is 27.8 Å². The number of benzene rings is 3. The lowest BCUT2D eigenvalue weighted by Crippen LogP contribution is -2.47. The van der Waals surface area contributed by atoms with Gasteiger partial charge in [0.25, 0.3) is 21.6 Å². The molecular weight excluding hydrogens is 830 g/mol. The number of piperazine rings is 1. The van der Waals surface area contributed by atoms with Gasteiger partial charge in [0, 0.05) is 86.9 Å². The van der Waals surface area contributed by atoms with Crippen LogP contribution in [0.1, 0.15) is 68.8 Å². The summed E-state index contributed by atoms with van der Waals surface area (Å²) in [7, 11) is -4.56. The first-order valence-electron chi connectivity index (χ1n) is 21.0. The van der Waals surface area contributed by atoms with Gasteiger partial charge in [-0.25, -0.2) is 18.1 Å². The van der Waals surface area contributed by atoms with Crippen LogP contribution in [0.25, 0.3) is 16.6 Å². The first kappa shape index (κ1) is 43.2. The highest BCUT2D eigenvalue weighted by Crippen LogP contribution is 2.43. The second kappa shape index (κ2) is 17.7. The third kappa shape index (κ3) is 9.91. The van der Waals surface area contributed by atoms with E-state index < -0.39 is 31.4 Å². The molecule has 0 radical (unpaired) electrons. The van der Waals surface area contributed by atoms with Crippen LogP contribution in [0, 0.1) is 20.9 Å². The van der Waals surface area contributed by atoms with Crippen LogP contribution in [0.2, 0.25) is 5.02 Å². The predicted molar refractivity (Wildman–Crippen MR) is 242 cm³/mol. The van der Waals surface area contributed by atoms with Gasteiger partial charge >= 0.3 is 0 Å². The molecule has 3 aromatic carbocycles. The third-order valence-corrected chi connectivity index (χ3v) is 14.0. The molecule has 2 aliphatic heterocycles. The number of anilines is 2. The zero-order valence-electron chi connectivity index (χ0n) is 35.2. The van der Waals surface area contributed by atoms with Crippen molar-refractivity contribution in [3.8, 4) is 11.5 Å². The number of fused-ring (bicyclic) bond motifs is 1. The Labute approximate surface area is 366 Å². The number of rotatable bonds is 13. The van der Waals surface area contributed by atoms with Crippen LogP contribution in [-0.4, -0.2) is 86.6 Å². The molecule has 2 saturated heterocycles. The average Bonchev–Trinajstić information content (AvgIpc) is 3.72. The minimum absolute atomic E-state index is 0.0375. The number of nitro benzene ring substituents is 1. The normalized spacial score (nSPS) is 18.1. The Hall–Kier alpha value is -5.48. The molecule has 0 saturated carbocycles. The van der Waals surface area contributed by atoms with Gasteiger partial charge < -0.3 is 24.7 Å². The van der Waals surface area contributed by atoms with Crippen molar-refractivity contribution >= 4 is 61.2 Å². The molecule has 2 fully saturated rings. The van der Waals surface area contributed by atoms with Gasteiger partial charge in [0.15, 0.2) is 0 Å². The Morgan fingerprint density at radius 3 is 2.48 bits per heavy atom. The van der Waals surface area contributed by atoms with Gasteiger partial charge in [0.2, 0.25) is 0 Å². The van der Waals surface area contributed by atoms with Gasteiger partial charge in [-0.15, -0.1) is 0 Å². The molecular formula is C46H52ClN7O7S. The Kier molecular flexibility index (Phi) is 12.3. The molecule has 8 rings (SSSR count). The van der Waals surface area contributed by atoms with Crippen LogP contribution >= 0.6 is 11.6 Å². The SMILES string of the molecule is CC1(C)CCC(CN2CCN(c3ccc(C(=O)NS(=O)(=O)c4ccc(NCC5(C)CCOCC5)c([N+](=O)[O-])c4)c(Oc4cnc5[nH]ccc5c4)c3)CC2)=C(c2ccc(Cl)cc2)C1. The van der Waals surface area contributed by atoms with Gasteiger partial charge in [0.05, 0.1) is 21.6 Å². The van der Waals surface area contributed by atoms with Crippen molar-refractivity contribution in [1.82, 2.24) is 19.6 Å². The molecule has 14 nitrogen and oxygen atoms in total. The van der Waals surface area contributed by atoms with Crippen LogP contribution < -0.4 is 19.7 Å². The maximum Gasteiger partial charge on any atom is 0.293 e. The van der Waals surface area contributed by atoms with E-state index in [1.54, 1.807) is 30.5 Å². The van der Waals surface area contributed by atoms with Crippen LogP contribution in [0.15, 0.2) is 95.7 Å². The zero-order valence-corrected chi connectivity index (χ0v) is 36.8. The molecule has 3 N–H and O–H groups in total. The molecule has 0 spiro atoms. The van der Waals surface area contributed by atoms with E-state index in [1.807, 2.05) is 18.2 Å². The highest BCUT2D eigenvalue weighted by atomic mass is 35.5. The molecule has 0 bridgehead atoms. The minimum atomic E-state index is -4.56. The second-order valence-electron chi connectivity index (χ2n) is 17.7. The number of hydrogen-bond acceptors (Lipinski definition) is 11. The van der Waals surface area contributed by atoms with Crippen LogP contribution in [0.3, 0.4) is 0 Å². The van der Waals surface area contributed by atoms with E-state index in [1.165, 1.54) is 35.0 Å². The van der Waals surface area contributed by atoms with Crippen molar-refractivity contribution in [1.29, 1.82) is 0 Å². The lowest BCUT2D eigenvalue weighted by molar-refractivity contribution is -0.384. The monoisotopic (exact) mass is 881 g/mol. The molecule has 0 unspecified atom stereocenters. The molecule has 1 amide bonds. The number of allylic oxidation sites excluding steroid dienone is 1. The van der Waals surface area contributed by atoms with E-state index in [2.05, 4.69) is 62.7 Å². The summed E-state index contributed by atoms with van der Waals surface area (Å²) in [6, 6.07) is 20.4. The van der Waals surface area contributed by atoms with Gasteiger partial charge in [-0.3, -0.25) is 19.8 Å². The summed E-state index contributed by atoms with van der Waals surface area (Å²) >= 11 is 6.24. The average molecular weight is 882 g/mol. The summed E-state index contributed by atoms with van der Waals surface area (Å²) in [5.74, 6) is -0.474. The number of aromatic amines is 1. The van der Waals surface area contributed by atoms with Gasteiger partial charge in [-0.1, -0.05) is 50.1 Å². The van der Waals surface area contributed by atoms with Crippen molar-refractivity contribution in [3.05, 3.63) is 117 Å². The van der Waals surface area contributed by atoms with Crippen molar-refractivity contribution in [2.75, 3.05) is 62.7 Å². The highest BCUT2D eigenvalue weighted by molar-refractivity contribution is 7.90. The Bertz CT molecular complexity index is 2620. The highest BCUT2D eigenvalue weighted by Gasteiger charge is 2.32. The maximum absolute atomic E-state index is 13.9. The molecule has 326 valence electrons. The number of halogens is 1. The van der Waals surface area contributed by atoms with Crippen molar-refractivity contribution in [3.63, 3.8) is 0 Å². The number of nitrogens with zero attached hydrogens (tertiary/aromatic N) is 4. The van der Waals surface area contributed by atoms with Crippen LogP contribution in [0.5, 0.6) is 11.5 Å². The second-order valence-corrected chi connectivity index (χ2v) is 19.8. The number of nitrogens with one attached hydrogen (secondary N) is 3. The Morgan fingerprint density at radius 2 is 1.74 bits per heavy atom. The number of pyridine rings is 1. The summed E-state index contributed by atoms with van der Waals surface area (Å²) in [5, 5.41) is 16.8. The van der Waals surface area contributed by atoms with E-state index in [0.29, 0.717) is 31.2 Å². The lowest BCUT2D eigenvalue weighted by Gasteiger charge is -2.39. The topological polar surface area (TPSA) is 172 Å². The lowest BCUT2D eigenvalue weighted by atomic mass is 9.72. The standard InChI is InChI=1S/C46H52ClN7O7S/c1-45(2)14-12-33(39(27-45)31-4-6-34(47)7-5-31)29-52-18-20-53(21-19-52)35-8-10-38(42(25-35)61-36-24-32-13-17-48-43(32)49-28-36)44(55)51-62(58,59)37-9-11-40(41(26-37)54(56)57)50-30-46(3)15-22-60-23-16-46/h4-11,13,17,24-26,28,50H,12,14-16,18-23,27,29-30H2,1-3H3,(H,48,49)(H,51,55). The molecule has 3 aliphatic rings. The van der Waals surface area contributed by atoms with Crippen LogP contribution in [0.4, 0.5) is 17.1 Å². The van der Waals surface area contributed by atoms with E-state index in [0.717, 1.165) is 87.0 Å². The number of carbonyl (C=O) groups excluding carboxylic acids is 1. The predicted octanol–water partition coefficient (Wildman–Crippen LogP) is 9.05. The fraction of sp³-hybridized carbons (Fsp3) is 0.391.